The molecule has 1 saturated carbocycles. The molecule has 118 valence electrons. The van der Waals surface area contributed by atoms with Crippen LogP contribution in [0.2, 0.25) is 0 Å². The number of hydrogen-bond acceptors (Lipinski definition) is 3. The van der Waals surface area contributed by atoms with Gasteiger partial charge in [0, 0.05) is 32.7 Å². The summed E-state index contributed by atoms with van der Waals surface area (Å²) in [6, 6.07) is 0.698. The quantitative estimate of drug-likeness (QED) is 0.724. The summed E-state index contributed by atoms with van der Waals surface area (Å²) in [4.78, 5) is 0. The molecule has 0 aromatic carbocycles. The summed E-state index contributed by atoms with van der Waals surface area (Å²) in [5.41, 5.74) is 0. The second kappa shape index (κ2) is 7.20. The molecule has 1 saturated heterocycles. The topological polar surface area (TPSA) is 52.7 Å². The van der Waals surface area contributed by atoms with Gasteiger partial charge in [-0.1, -0.05) is 6.92 Å². The summed E-state index contributed by atoms with van der Waals surface area (Å²) < 4.78 is 28.2. The fourth-order valence-corrected chi connectivity index (χ4v) is 4.13. The lowest BCUT2D eigenvalue weighted by Gasteiger charge is -2.26. The zero-order valence-corrected chi connectivity index (χ0v) is 13.7. The Labute approximate surface area is 123 Å². The van der Waals surface area contributed by atoms with E-state index in [-0.39, 0.29) is 0 Å². The number of nitrogens with zero attached hydrogens (tertiary/aromatic N) is 2. The molecule has 0 bridgehead atoms. The molecule has 1 unspecified atom stereocenters. The third-order valence-electron chi connectivity index (χ3n) is 4.36. The van der Waals surface area contributed by atoms with Crippen LogP contribution in [0.25, 0.3) is 0 Å². The highest BCUT2D eigenvalue weighted by Gasteiger charge is 2.28. The highest BCUT2D eigenvalue weighted by Crippen LogP contribution is 2.20. The third-order valence-corrected chi connectivity index (χ3v) is 6.34. The van der Waals surface area contributed by atoms with Gasteiger partial charge < -0.3 is 5.32 Å². The SMILES string of the molecule is CC1CCCN(S(=O)(=O)N(C)CCCNC2CC2)CC1. The van der Waals surface area contributed by atoms with Crippen LogP contribution >= 0.6 is 0 Å². The predicted octanol–water partition coefficient (Wildman–Crippen LogP) is 1.43. The number of hydrogen-bond donors (Lipinski definition) is 1. The minimum absolute atomic E-state index is 0.605. The molecule has 2 rings (SSSR count). The Kier molecular flexibility index (Phi) is 5.84. The number of rotatable bonds is 7. The maximum Gasteiger partial charge on any atom is 0.281 e. The summed E-state index contributed by atoms with van der Waals surface area (Å²) in [5, 5.41) is 3.42. The molecule has 1 aliphatic heterocycles. The fourth-order valence-electron chi connectivity index (χ4n) is 2.68. The Morgan fingerprint density at radius 2 is 1.95 bits per heavy atom. The van der Waals surface area contributed by atoms with Crippen molar-refractivity contribution in [2.45, 2.75) is 51.5 Å². The molecule has 0 radical (unpaired) electrons. The van der Waals surface area contributed by atoms with E-state index in [1.807, 2.05) is 0 Å². The van der Waals surface area contributed by atoms with Crippen molar-refractivity contribution in [3.8, 4) is 0 Å². The average Bonchev–Trinajstić information content (AvgIpc) is 3.22. The van der Waals surface area contributed by atoms with Crippen molar-refractivity contribution in [2.24, 2.45) is 5.92 Å². The molecule has 0 aromatic rings. The van der Waals surface area contributed by atoms with Gasteiger partial charge in [0.15, 0.2) is 0 Å². The van der Waals surface area contributed by atoms with Gasteiger partial charge in [0.25, 0.3) is 10.2 Å². The molecule has 6 heteroatoms. The van der Waals surface area contributed by atoms with Crippen molar-refractivity contribution < 1.29 is 8.42 Å². The molecule has 5 nitrogen and oxygen atoms in total. The van der Waals surface area contributed by atoms with E-state index in [1.165, 1.54) is 17.1 Å². The summed E-state index contributed by atoms with van der Waals surface area (Å²) in [6.07, 6.45) is 6.55. The van der Waals surface area contributed by atoms with Gasteiger partial charge in [-0.15, -0.1) is 0 Å². The largest absolute Gasteiger partial charge is 0.314 e. The first-order valence-electron chi connectivity index (χ1n) is 7.95. The lowest BCUT2D eigenvalue weighted by molar-refractivity contribution is 0.359. The van der Waals surface area contributed by atoms with Gasteiger partial charge in [0.05, 0.1) is 0 Å². The predicted molar refractivity (Wildman–Crippen MR) is 81.8 cm³/mol. The van der Waals surface area contributed by atoms with E-state index < -0.39 is 10.2 Å². The second-order valence-corrected chi connectivity index (χ2v) is 8.38. The molecule has 1 N–H and O–H groups in total. The third kappa shape index (κ3) is 4.69. The van der Waals surface area contributed by atoms with Crippen LogP contribution in [0.1, 0.15) is 45.4 Å². The Morgan fingerprint density at radius 3 is 2.65 bits per heavy atom. The molecule has 1 heterocycles. The highest BCUT2D eigenvalue weighted by molar-refractivity contribution is 7.86. The minimum Gasteiger partial charge on any atom is -0.314 e. The molecule has 1 atom stereocenters. The Bertz CT molecular complexity index is 395. The van der Waals surface area contributed by atoms with Crippen molar-refractivity contribution in [3.05, 3.63) is 0 Å². The average molecular weight is 303 g/mol. The summed E-state index contributed by atoms with van der Waals surface area (Å²) >= 11 is 0. The van der Waals surface area contributed by atoms with Gasteiger partial charge in [-0.25, -0.2) is 0 Å². The van der Waals surface area contributed by atoms with Gasteiger partial charge in [-0.2, -0.15) is 17.0 Å². The molecule has 20 heavy (non-hydrogen) atoms. The van der Waals surface area contributed by atoms with E-state index in [0.29, 0.717) is 31.6 Å². The zero-order chi connectivity index (χ0) is 14.6. The maximum absolute atomic E-state index is 12.5. The molecule has 2 fully saturated rings. The standard InChI is InChI=1S/C14H29N3O2S/c1-13-5-3-11-17(12-8-13)20(18,19)16(2)10-4-9-15-14-6-7-14/h13-15H,3-12H2,1-2H3. The van der Waals surface area contributed by atoms with Gasteiger partial charge in [0.2, 0.25) is 0 Å². The molecule has 1 aliphatic carbocycles. The molecule has 2 aliphatic rings. The molecule has 0 aromatic heterocycles. The van der Waals surface area contributed by atoms with Crippen LogP contribution in [0.4, 0.5) is 0 Å². The van der Waals surface area contributed by atoms with Crippen LogP contribution in [0.3, 0.4) is 0 Å². The minimum atomic E-state index is -3.25. The number of nitrogens with one attached hydrogen (secondary N) is 1. The van der Waals surface area contributed by atoms with E-state index >= 15 is 0 Å². The van der Waals surface area contributed by atoms with Crippen molar-refractivity contribution in [1.29, 1.82) is 0 Å². The Morgan fingerprint density at radius 1 is 1.20 bits per heavy atom. The summed E-state index contributed by atoms with van der Waals surface area (Å²) in [6.45, 7) is 5.09. The van der Waals surface area contributed by atoms with Crippen molar-refractivity contribution in [3.63, 3.8) is 0 Å². The normalized spacial score (nSPS) is 25.9. The smallest absolute Gasteiger partial charge is 0.281 e. The van der Waals surface area contributed by atoms with E-state index in [9.17, 15) is 8.42 Å². The Hall–Kier alpha value is -0.170. The monoisotopic (exact) mass is 303 g/mol. The van der Waals surface area contributed by atoms with E-state index in [0.717, 1.165) is 32.2 Å². The van der Waals surface area contributed by atoms with Gasteiger partial charge in [-0.3, -0.25) is 0 Å². The summed E-state index contributed by atoms with van der Waals surface area (Å²) in [5.74, 6) is 0.642. The van der Waals surface area contributed by atoms with Crippen LogP contribution in [0.5, 0.6) is 0 Å². The van der Waals surface area contributed by atoms with Crippen LogP contribution < -0.4 is 5.32 Å². The van der Waals surface area contributed by atoms with Crippen molar-refractivity contribution >= 4 is 10.2 Å². The molecular weight excluding hydrogens is 274 g/mol. The van der Waals surface area contributed by atoms with Crippen LogP contribution in [0, 0.1) is 5.92 Å². The van der Waals surface area contributed by atoms with Crippen LogP contribution in [-0.4, -0.2) is 56.3 Å². The lowest BCUT2D eigenvalue weighted by atomic mass is 10.0. The van der Waals surface area contributed by atoms with Crippen molar-refractivity contribution in [2.75, 3.05) is 33.2 Å². The Balaban J connectivity index is 1.77. The second-order valence-electron chi connectivity index (χ2n) is 6.35. The highest BCUT2D eigenvalue weighted by atomic mass is 32.2. The zero-order valence-electron chi connectivity index (χ0n) is 12.8. The van der Waals surface area contributed by atoms with E-state index in [4.69, 9.17) is 0 Å². The molecule has 0 amide bonds. The van der Waals surface area contributed by atoms with Gasteiger partial charge >= 0.3 is 0 Å². The van der Waals surface area contributed by atoms with E-state index in [1.54, 1.807) is 11.4 Å². The first-order chi connectivity index (χ1) is 9.50. The lowest BCUT2D eigenvalue weighted by Crippen LogP contribution is -2.43. The molecule has 0 spiro atoms. The first kappa shape index (κ1) is 16.2. The van der Waals surface area contributed by atoms with Gasteiger partial charge in [0.1, 0.15) is 0 Å². The first-order valence-corrected chi connectivity index (χ1v) is 9.34. The summed E-state index contributed by atoms with van der Waals surface area (Å²) in [7, 11) is -1.55. The van der Waals surface area contributed by atoms with Crippen molar-refractivity contribution in [1.82, 2.24) is 13.9 Å². The fraction of sp³-hybridized carbons (Fsp3) is 1.00. The van der Waals surface area contributed by atoms with Crippen LogP contribution in [0.15, 0.2) is 0 Å². The van der Waals surface area contributed by atoms with E-state index in [2.05, 4.69) is 12.2 Å². The maximum atomic E-state index is 12.5. The molecular formula is C14H29N3O2S. The van der Waals surface area contributed by atoms with Gasteiger partial charge in [-0.05, 0) is 51.0 Å². The van der Waals surface area contributed by atoms with Crippen LogP contribution in [-0.2, 0) is 10.2 Å².